The van der Waals surface area contributed by atoms with Crippen LogP contribution in [0.5, 0.6) is 0 Å². The summed E-state index contributed by atoms with van der Waals surface area (Å²) >= 11 is 5.57. The second-order valence-corrected chi connectivity index (χ2v) is 4.59. The minimum Gasteiger partial charge on any atom is -0.384 e. The molecule has 106 valence electrons. The van der Waals surface area contributed by atoms with Crippen molar-refractivity contribution >= 4 is 11.6 Å². The molecule has 6 heteroatoms. The minimum absolute atomic E-state index is 0.0996. The van der Waals surface area contributed by atoms with Crippen molar-refractivity contribution in [3.05, 3.63) is 70.0 Å². The van der Waals surface area contributed by atoms with Crippen molar-refractivity contribution in [1.29, 1.82) is 0 Å². The molecule has 0 heterocycles. The summed E-state index contributed by atoms with van der Waals surface area (Å²) in [7, 11) is 0. The number of aliphatic hydroxyl groups is 1. The van der Waals surface area contributed by atoms with Gasteiger partial charge in [0.1, 0.15) is 11.9 Å². The van der Waals surface area contributed by atoms with Crippen LogP contribution in [0.15, 0.2) is 42.5 Å². The quantitative estimate of drug-likeness (QED) is 0.805. The first kappa shape index (κ1) is 14.8. The molecule has 20 heavy (non-hydrogen) atoms. The van der Waals surface area contributed by atoms with Gasteiger partial charge in [0.2, 0.25) is 0 Å². The Hall–Kier alpha value is -1.59. The first-order valence-corrected chi connectivity index (χ1v) is 5.97. The molecule has 1 atom stereocenters. The number of benzene rings is 2. The Morgan fingerprint density at radius 1 is 1.00 bits per heavy atom. The average Bonchev–Trinajstić information content (AvgIpc) is 2.37. The third kappa shape index (κ3) is 2.94. The number of hydrogen-bond donors (Lipinski definition) is 1. The molecule has 0 saturated carbocycles. The molecule has 2 aromatic rings. The summed E-state index contributed by atoms with van der Waals surface area (Å²) < 4.78 is 52.3. The summed E-state index contributed by atoms with van der Waals surface area (Å²) in [5.41, 5.74) is -1.66. The lowest BCUT2D eigenvalue weighted by Crippen LogP contribution is -2.13. The summed E-state index contributed by atoms with van der Waals surface area (Å²) in [6.45, 7) is 0. The van der Waals surface area contributed by atoms with Gasteiger partial charge in [-0.25, -0.2) is 4.39 Å². The van der Waals surface area contributed by atoms with Gasteiger partial charge in [-0.05, 0) is 23.8 Å². The number of hydrogen-bond acceptors (Lipinski definition) is 1. The second-order valence-electron chi connectivity index (χ2n) is 4.15. The van der Waals surface area contributed by atoms with Crippen molar-refractivity contribution in [3.8, 4) is 0 Å². The maximum absolute atomic E-state index is 13.7. The molecule has 0 spiro atoms. The highest BCUT2D eigenvalue weighted by molar-refractivity contribution is 6.30. The van der Waals surface area contributed by atoms with Crippen molar-refractivity contribution in [2.45, 2.75) is 12.3 Å². The van der Waals surface area contributed by atoms with E-state index in [1.165, 1.54) is 18.2 Å². The van der Waals surface area contributed by atoms with E-state index in [0.717, 1.165) is 24.3 Å². The number of alkyl halides is 3. The summed E-state index contributed by atoms with van der Waals surface area (Å²) in [6, 6.07) is 7.91. The van der Waals surface area contributed by atoms with Gasteiger partial charge < -0.3 is 5.11 Å². The first-order chi connectivity index (χ1) is 9.30. The lowest BCUT2D eigenvalue weighted by Gasteiger charge is -2.18. The number of halogens is 5. The summed E-state index contributed by atoms with van der Waals surface area (Å²) in [4.78, 5) is 0. The van der Waals surface area contributed by atoms with Crippen LogP contribution >= 0.6 is 11.6 Å². The van der Waals surface area contributed by atoms with Crippen molar-refractivity contribution in [2.24, 2.45) is 0 Å². The van der Waals surface area contributed by atoms with Crippen LogP contribution in [0.1, 0.15) is 22.8 Å². The molecule has 0 fully saturated rings. The molecular formula is C14H9ClF4O. The Bertz CT molecular complexity index is 625. The van der Waals surface area contributed by atoms with Crippen molar-refractivity contribution in [2.75, 3.05) is 0 Å². The van der Waals surface area contributed by atoms with Crippen molar-refractivity contribution < 1.29 is 22.7 Å². The van der Waals surface area contributed by atoms with Crippen LogP contribution in [0.3, 0.4) is 0 Å². The predicted octanol–water partition coefficient (Wildman–Crippen LogP) is 4.58. The average molecular weight is 305 g/mol. The Morgan fingerprint density at radius 2 is 1.65 bits per heavy atom. The zero-order valence-corrected chi connectivity index (χ0v) is 10.7. The van der Waals surface area contributed by atoms with E-state index < -0.39 is 29.2 Å². The molecule has 1 unspecified atom stereocenters. The Morgan fingerprint density at radius 3 is 2.25 bits per heavy atom. The van der Waals surface area contributed by atoms with Crippen molar-refractivity contribution in [1.82, 2.24) is 0 Å². The molecule has 1 N–H and O–H groups in total. The predicted molar refractivity (Wildman–Crippen MR) is 66.9 cm³/mol. The van der Waals surface area contributed by atoms with Crippen LogP contribution in [-0.4, -0.2) is 5.11 Å². The van der Waals surface area contributed by atoms with Gasteiger partial charge in [0.05, 0.1) is 5.56 Å². The molecule has 2 rings (SSSR count). The van der Waals surface area contributed by atoms with E-state index in [4.69, 9.17) is 11.6 Å². The zero-order valence-electron chi connectivity index (χ0n) is 9.96. The molecule has 0 aliphatic carbocycles. The molecule has 0 bridgehead atoms. The van der Waals surface area contributed by atoms with Gasteiger partial charge in [-0.3, -0.25) is 0 Å². The summed E-state index contributed by atoms with van der Waals surface area (Å²) in [6.07, 6.45) is -6.34. The van der Waals surface area contributed by atoms with E-state index in [9.17, 15) is 22.7 Å². The fourth-order valence-corrected chi connectivity index (χ4v) is 2.04. The summed E-state index contributed by atoms with van der Waals surface area (Å²) in [5.74, 6) is -0.859. The van der Waals surface area contributed by atoms with Gasteiger partial charge in [0.15, 0.2) is 0 Å². The van der Waals surface area contributed by atoms with Gasteiger partial charge in [-0.2, -0.15) is 13.2 Å². The van der Waals surface area contributed by atoms with Gasteiger partial charge in [0.25, 0.3) is 0 Å². The van der Waals surface area contributed by atoms with Gasteiger partial charge in [-0.15, -0.1) is 0 Å². The van der Waals surface area contributed by atoms with Crippen molar-refractivity contribution in [3.63, 3.8) is 0 Å². The zero-order chi connectivity index (χ0) is 14.9. The van der Waals surface area contributed by atoms with E-state index in [-0.39, 0.29) is 10.6 Å². The highest BCUT2D eigenvalue weighted by Gasteiger charge is 2.35. The van der Waals surface area contributed by atoms with E-state index >= 15 is 0 Å². The summed E-state index contributed by atoms with van der Waals surface area (Å²) in [5, 5.41) is 10.1. The SMILES string of the molecule is OC(c1ccc(Cl)cc1F)c1ccccc1C(F)(F)F. The third-order valence-electron chi connectivity index (χ3n) is 2.82. The molecule has 0 saturated heterocycles. The number of aliphatic hydroxyl groups excluding tert-OH is 1. The van der Waals surface area contributed by atoms with E-state index in [2.05, 4.69) is 0 Å². The molecule has 0 aliphatic rings. The standard InChI is InChI=1S/C14H9ClF4O/c15-8-5-6-10(12(16)7-8)13(20)9-3-1-2-4-11(9)14(17,18)19/h1-7,13,20H. The monoisotopic (exact) mass is 304 g/mol. The smallest absolute Gasteiger partial charge is 0.384 e. The van der Waals surface area contributed by atoms with Crippen LogP contribution in [-0.2, 0) is 6.18 Å². The molecule has 0 amide bonds. The lowest BCUT2D eigenvalue weighted by atomic mass is 9.96. The fourth-order valence-electron chi connectivity index (χ4n) is 1.88. The largest absolute Gasteiger partial charge is 0.416 e. The van der Waals surface area contributed by atoms with E-state index in [0.29, 0.717) is 0 Å². The normalized spacial score (nSPS) is 13.3. The second kappa shape index (κ2) is 5.42. The van der Waals surface area contributed by atoms with Crippen LogP contribution in [0.4, 0.5) is 17.6 Å². The minimum atomic E-state index is -4.62. The molecule has 1 nitrogen and oxygen atoms in total. The molecule has 2 aromatic carbocycles. The molecular weight excluding hydrogens is 296 g/mol. The van der Waals surface area contributed by atoms with Crippen LogP contribution in [0, 0.1) is 5.82 Å². The van der Waals surface area contributed by atoms with Crippen LogP contribution < -0.4 is 0 Å². The molecule has 0 aliphatic heterocycles. The fraction of sp³-hybridized carbons (Fsp3) is 0.143. The first-order valence-electron chi connectivity index (χ1n) is 5.60. The van der Waals surface area contributed by atoms with Crippen LogP contribution in [0.2, 0.25) is 5.02 Å². The highest BCUT2D eigenvalue weighted by Crippen LogP contribution is 2.37. The van der Waals surface area contributed by atoms with E-state index in [1.807, 2.05) is 0 Å². The Kier molecular flexibility index (Phi) is 4.01. The lowest BCUT2D eigenvalue weighted by molar-refractivity contribution is -0.139. The Balaban J connectivity index is 2.51. The van der Waals surface area contributed by atoms with Gasteiger partial charge >= 0.3 is 6.18 Å². The van der Waals surface area contributed by atoms with E-state index in [1.54, 1.807) is 0 Å². The Labute approximate surface area is 117 Å². The van der Waals surface area contributed by atoms with Gasteiger partial charge in [-0.1, -0.05) is 35.9 Å². The maximum Gasteiger partial charge on any atom is 0.416 e. The third-order valence-corrected chi connectivity index (χ3v) is 3.05. The topological polar surface area (TPSA) is 20.2 Å². The molecule has 0 radical (unpaired) electrons. The highest BCUT2D eigenvalue weighted by atomic mass is 35.5. The van der Waals surface area contributed by atoms with Crippen LogP contribution in [0.25, 0.3) is 0 Å². The molecule has 0 aromatic heterocycles. The van der Waals surface area contributed by atoms with Gasteiger partial charge in [0, 0.05) is 10.6 Å². The number of rotatable bonds is 2. The maximum atomic E-state index is 13.7.